The van der Waals surface area contributed by atoms with Crippen LogP contribution in [0.3, 0.4) is 0 Å². The maximum absolute atomic E-state index is 12.6. The van der Waals surface area contributed by atoms with E-state index in [1.54, 1.807) is 25.1 Å². The molecule has 2 rings (SSSR count). The molecule has 1 aromatic carbocycles. The van der Waals surface area contributed by atoms with Gasteiger partial charge in [-0.05, 0) is 55.4 Å². The minimum absolute atomic E-state index is 0.00657. The first-order valence-corrected chi connectivity index (χ1v) is 7.53. The van der Waals surface area contributed by atoms with Gasteiger partial charge in [-0.2, -0.15) is 0 Å². The predicted octanol–water partition coefficient (Wildman–Crippen LogP) is 5.22. The van der Waals surface area contributed by atoms with Crippen molar-refractivity contribution in [3.63, 3.8) is 0 Å². The van der Waals surface area contributed by atoms with E-state index in [1.807, 2.05) is 0 Å². The van der Waals surface area contributed by atoms with Gasteiger partial charge in [-0.15, -0.1) is 19.8 Å². The largest absolute Gasteiger partial charge is 0.573 e. The number of carbonyl (C=O) groups is 1. The number of carbonyl (C=O) groups excluding carboxylic acids is 1. The van der Waals surface area contributed by atoms with Crippen molar-refractivity contribution in [3.05, 3.63) is 47.6 Å². The molecule has 0 aliphatic heterocycles. The van der Waals surface area contributed by atoms with Gasteiger partial charge in [-0.1, -0.05) is 18.2 Å². The molecule has 0 N–H and O–H groups in total. The molecule has 0 heterocycles. The maximum Gasteiger partial charge on any atom is 0.573 e. The van der Waals surface area contributed by atoms with Gasteiger partial charge in [0.1, 0.15) is 5.75 Å². The lowest BCUT2D eigenvalue weighted by Gasteiger charge is -2.24. The molecule has 1 aliphatic carbocycles. The van der Waals surface area contributed by atoms with Crippen molar-refractivity contribution < 1.29 is 22.7 Å². The molecule has 23 heavy (non-hydrogen) atoms. The van der Waals surface area contributed by atoms with E-state index in [0.29, 0.717) is 29.5 Å². The molecule has 0 bridgehead atoms. The molecule has 0 saturated heterocycles. The highest BCUT2D eigenvalue weighted by molar-refractivity contribution is 6.01. The van der Waals surface area contributed by atoms with Crippen LogP contribution in [0.2, 0.25) is 0 Å². The summed E-state index contributed by atoms with van der Waals surface area (Å²) in [7, 11) is 0. The van der Waals surface area contributed by atoms with E-state index in [4.69, 9.17) is 0 Å². The zero-order valence-electron chi connectivity index (χ0n) is 13.0. The summed E-state index contributed by atoms with van der Waals surface area (Å²) in [5.74, 6) is -0.280. The monoisotopic (exact) mass is 324 g/mol. The van der Waals surface area contributed by atoms with Crippen LogP contribution >= 0.6 is 0 Å². The Balaban J connectivity index is 2.47. The highest BCUT2D eigenvalue weighted by Gasteiger charge is 2.32. The molecular formula is C18H19F3O2. The normalized spacial score (nSPS) is 20.6. The van der Waals surface area contributed by atoms with Gasteiger partial charge in [0.15, 0.2) is 5.78 Å². The van der Waals surface area contributed by atoms with Crippen molar-refractivity contribution in [3.8, 4) is 5.75 Å². The molecule has 0 amide bonds. The average Bonchev–Trinajstić information content (AvgIpc) is 2.44. The first-order chi connectivity index (χ1) is 10.8. The molecule has 1 aliphatic rings. The van der Waals surface area contributed by atoms with Crippen molar-refractivity contribution >= 4 is 11.9 Å². The number of ketones is 1. The Morgan fingerprint density at radius 2 is 2.13 bits per heavy atom. The number of alkyl halides is 3. The molecule has 5 heteroatoms. The van der Waals surface area contributed by atoms with Crippen LogP contribution in [0.1, 0.15) is 36.8 Å². The fourth-order valence-corrected chi connectivity index (χ4v) is 2.89. The van der Waals surface area contributed by atoms with E-state index in [1.165, 1.54) is 12.1 Å². The van der Waals surface area contributed by atoms with E-state index in [-0.39, 0.29) is 17.5 Å². The second kappa shape index (κ2) is 7.02. The summed E-state index contributed by atoms with van der Waals surface area (Å²) in [5.41, 5.74) is 1.51. The van der Waals surface area contributed by atoms with Crippen LogP contribution in [0.5, 0.6) is 5.75 Å². The first kappa shape index (κ1) is 17.3. The molecule has 1 aromatic rings. The van der Waals surface area contributed by atoms with E-state index in [9.17, 15) is 18.0 Å². The van der Waals surface area contributed by atoms with Gasteiger partial charge < -0.3 is 4.74 Å². The fourth-order valence-electron chi connectivity index (χ4n) is 2.89. The second-order valence-electron chi connectivity index (χ2n) is 5.67. The molecule has 124 valence electrons. The van der Waals surface area contributed by atoms with Gasteiger partial charge in [0.2, 0.25) is 0 Å². The summed E-state index contributed by atoms with van der Waals surface area (Å²) in [5, 5.41) is 0. The number of Topliss-reactive ketones (excluding diaryl/α,β-unsaturated/α-hetero) is 1. The van der Waals surface area contributed by atoms with E-state index < -0.39 is 6.36 Å². The molecule has 1 atom stereocenters. The maximum atomic E-state index is 12.6. The van der Waals surface area contributed by atoms with Crippen molar-refractivity contribution in [1.82, 2.24) is 0 Å². The van der Waals surface area contributed by atoms with Crippen molar-refractivity contribution in [2.45, 2.75) is 39.0 Å². The average molecular weight is 324 g/mol. The summed E-state index contributed by atoms with van der Waals surface area (Å²) < 4.78 is 41.9. The third-order valence-corrected chi connectivity index (χ3v) is 3.98. The van der Waals surface area contributed by atoms with Gasteiger partial charge in [-0.25, -0.2) is 0 Å². The van der Waals surface area contributed by atoms with E-state index in [0.717, 1.165) is 12.8 Å². The number of hydrogen-bond donors (Lipinski definition) is 0. The van der Waals surface area contributed by atoms with Gasteiger partial charge in [-0.3, -0.25) is 4.79 Å². The number of rotatable bonds is 4. The minimum Gasteiger partial charge on any atom is -0.405 e. The number of ether oxygens (including phenoxy) is 1. The standard InChI is InChI=1S/C18H19F3O2/c1-3-6-13-8-5-9-16(22)15(13)11-14-12(2)7-4-10-17(14)23-18(19,20)21/h3-4,7,10-11,13H,1,5-6,8-9H2,2H3/b15-11+/t13-/m0/s1. The lowest BCUT2D eigenvalue weighted by molar-refractivity contribution is -0.274. The smallest absolute Gasteiger partial charge is 0.405 e. The molecule has 1 fully saturated rings. The molecule has 0 unspecified atom stereocenters. The van der Waals surface area contributed by atoms with Crippen molar-refractivity contribution in [2.24, 2.45) is 5.92 Å². The van der Waals surface area contributed by atoms with Crippen LogP contribution < -0.4 is 4.74 Å². The van der Waals surface area contributed by atoms with Gasteiger partial charge >= 0.3 is 6.36 Å². The minimum atomic E-state index is -4.77. The lowest BCUT2D eigenvalue weighted by atomic mass is 9.80. The van der Waals surface area contributed by atoms with Crippen LogP contribution in [0, 0.1) is 12.8 Å². The Bertz CT molecular complexity index is 630. The van der Waals surface area contributed by atoms with Crippen LogP contribution in [-0.4, -0.2) is 12.1 Å². The Hall–Kier alpha value is -2.04. The van der Waals surface area contributed by atoms with E-state index in [2.05, 4.69) is 11.3 Å². The number of benzene rings is 1. The SMILES string of the molecule is C=CC[C@H]1CCCC(=O)/C1=C/c1c(C)cccc1OC(F)(F)F. The fraction of sp³-hybridized carbons (Fsp3) is 0.389. The number of aryl methyl sites for hydroxylation is 1. The Kier molecular flexibility index (Phi) is 5.29. The number of hydrogen-bond acceptors (Lipinski definition) is 2. The van der Waals surface area contributed by atoms with Gasteiger partial charge in [0.25, 0.3) is 0 Å². The quantitative estimate of drug-likeness (QED) is 0.560. The molecule has 0 aromatic heterocycles. The number of halogens is 3. The van der Waals surface area contributed by atoms with E-state index >= 15 is 0 Å². The number of allylic oxidation sites excluding steroid dienone is 2. The summed E-state index contributed by atoms with van der Waals surface area (Å²) >= 11 is 0. The lowest BCUT2D eigenvalue weighted by Crippen LogP contribution is -2.20. The molecule has 0 spiro atoms. The van der Waals surface area contributed by atoms with Crippen LogP contribution in [0.25, 0.3) is 6.08 Å². The molecule has 0 radical (unpaired) electrons. The predicted molar refractivity (Wildman–Crippen MR) is 83.0 cm³/mol. The summed E-state index contributed by atoms with van der Waals surface area (Å²) in [6.07, 6.45) is 1.24. The van der Waals surface area contributed by atoms with Crippen LogP contribution in [0.15, 0.2) is 36.4 Å². The van der Waals surface area contributed by atoms with Crippen molar-refractivity contribution in [2.75, 3.05) is 0 Å². The second-order valence-corrected chi connectivity index (χ2v) is 5.67. The zero-order valence-corrected chi connectivity index (χ0v) is 13.0. The summed E-state index contributed by atoms with van der Waals surface area (Å²) in [6, 6.07) is 4.47. The van der Waals surface area contributed by atoms with Gasteiger partial charge in [0, 0.05) is 12.0 Å². The Morgan fingerprint density at radius 1 is 1.39 bits per heavy atom. The summed E-state index contributed by atoms with van der Waals surface area (Å²) in [4.78, 5) is 12.2. The molecule has 1 saturated carbocycles. The van der Waals surface area contributed by atoms with Gasteiger partial charge in [0.05, 0.1) is 0 Å². The van der Waals surface area contributed by atoms with Crippen LogP contribution in [-0.2, 0) is 4.79 Å². The van der Waals surface area contributed by atoms with Crippen molar-refractivity contribution in [1.29, 1.82) is 0 Å². The highest BCUT2D eigenvalue weighted by atomic mass is 19.4. The topological polar surface area (TPSA) is 26.3 Å². The third-order valence-electron chi connectivity index (χ3n) is 3.98. The summed E-state index contributed by atoms with van der Waals surface area (Å²) in [6.45, 7) is 5.39. The molecular weight excluding hydrogens is 305 g/mol. The highest BCUT2D eigenvalue weighted by Crippen LogP contribution is 2.35. The third kappa shape index (κ3) is 4.47. The molecule has 2 nitrogen and oxygen atoms in total. The Labute approximate surface area is 133 Å². The Morgan fingerprint density at radius 3 is 2.78 bits per heavy atom. The zero-order chi connectivity index (χ0) is 17.0. The van der Waals surface area contributed by atoms with Crippen LogP contribution in [0.4, 0.5) is 13.2 Å². The first-order valence-electron chi connectivity index (χ1n) is 7.53.